The van der Waals surface area contributed by atoms with E-state index in [0.29, 0.717) is 0 Å². The second-order valence-corrected chi connectivity index (χ2v) is 8.28. The van der Waals surface area contributed by atoms with Gasteiger partial charge in [-0.05, 0) is 13.0 Å². The van der Waals surface area contributed by atoms with Crippen LogP contribution in [-0.2, 0) is 11.3 Å². The fraction of sp³-hybridized carbons (Fsp3) is 0.375. The molecule has 2 aromatic carbocycles. The zero-order valence-electron chi connectivity index (χ0n) is 19.3. The van der Waals surface area contributed by atoms with Gasteiger partial charge in [0.15, 0.2) is 11.5 Å². The van der Waals surface area contributed by atoms with Gasteiger partial charge in [0.1, 0.15) is 59.3 Å². The minimum atomic E-state index is -1.79. The van der Waals surface area contributed by atoms with Crippen molar-refractivity contribution in [3.63, 3.8) is 0 Å². The second kappa shape index (κ2) is 9.93. The summed E-state index contributed by atoms with van der Waals surface area (Å²) >= 11 is 0. The molecule has 12 nitrogen and oxygen atoms in total. The van der Waals surface area contributed by atoms with E-state index in [2.05, 4.69) is 0 Å². The fourth-order valence-corrected chi connectivity index (χ4v) is 4.18. The molecule has 12 heteroatoms. The number of aliphatic hydroxyl groups is 5. The average Bonchev–Trinajstić information content (AvgIpc) is 2.87. The van der Waals surface area contributed by atoms with Gasteiger partial charge in [-0.3, -0.25) is 4.79 Å². The molecule has 1 fully saturated rings. The van der Waals surface area contributed by atoms with Gasteiger partial charge in [-0.15, -0.1) is 0 Å². The number of ether oxygens (including phenoxy) is 3. The second-order valence-electron chi connectivity index (χ2n) is 8.28. The molecule has 1 aromatic heterocycles. The van der Waals surface area contributed by atoms with Gasteiger partial charge < -0.3 is 54.4 Å². The van der Waals surface area contributed by atoms with Crippen LogP contribution in [0.3, 0.4) is 0 Å². The molecule has 4 rings (SSSR count). The monoisotopic (exact) mass is 506 g/mol. The maximum Gasteiger partial charge on any atom is 0.229 e. The first kappa shape index (κ1) is 25.7. The summed E-state index contributed by atoms with van der Waals surface area (Å²) < 4.78 is 21.9. The van der Waals surface area contributed by atoms with Gasteiger partial charge in [-0.25, -0.2) is 0 Å². The molecule has 0 spiro atoms. The van der Waals surface area contributed by atoms with Crippen molar-refractivity contribution in [3.05, 3.63) is 45.8 Å². The molecule has 0 radical (unpaired) electrons. The minimum absolute atomic E-state index is 0.0516. The molecular formula is C24H26O12. The minimum Gasteiger partial charge on any atom is -0.507 e. The molecule has 5 atom stereocenters. The van der Waals surface area contributed by atoms with E-state index in [9.17, 15) is 40.5 Å². The predicted octanol–water partition coefficient (Wildman–Crippen LogP) is -0.141. The van der Waals surface area contributed by atoms with Crippen molar-refractivity contribution < 1.29 is 54.4 Å². The first-order chi connectivity index (χ1) is 17.1. The summed E-state index contributed by atoms with van der Waals surface area (Å²) in [6.07, 6.45) is -8.12. The van der Waals surface area contributed by atoms with Gasteiger partial charge in [-0.2, -0.15) is 0 Å². The Hall–Kier alpha value is -3.39. The van der Waals surface area contributed by atoms with E-state index >= 15 is 0 Å². The van der Waals surface area contributed by atoms with Crippen LogP contribution in [0.1, 0.15) is 11.3 Å². The van der Waals surface area contributed by atoms with Crippen LogP contribution in [0.2, 0.25) is 0 Å². The summed E-state index contributed by atoms with van der Waals surface area (Å²) in [6, 6.07) is 5.36. The molecule has 36 heavy (non-hydrogen) atoms. The topological polar surface area (TPSA) is 200 Å². The van der Waals surface area contributed by atoms with Crippen molar-refractivity contribution in [1.82, 2.24) is 0 Å². The van der Waals surface area contributed by atoms with Crippen molar-refractivity contribution in [2.24, 2.45) is 0 Å². The lowest BCUT2D eigenvalue weighted by Crippen LogP contribution is -2.60. The van der Waals surface area contributed by atoms with E-state index in [-0.39, 0.29) is 44.9 Å². The number of benzene rings is 2. The van der Waals surface area contributed by atoms with Crippen LogP contribution in [0.4, 0.5) is 0 Å². The molecule has 5 unspecified atom stereocenters. The smallest absolute Gasteiger partial charge is 0.229 e. The molecule has 0 saturated carbocycles. The zero-order valence-corrected chi connectivity index (χ0v) is 19.3. The standard InChI is InChI=1S/C24H26O12/c1-9-12(33-2)6-13-17(18(9)28)20(30)16(14(7-25)34-13)10-4-3-5-11(27)23(10)36-24-22(32)21(31)19(29)15(8-26)35-24/h3-6,15,19,21-22,24-29,31-32H,7-8H2,1-2H3. The van der Waals surface area contributed by atoms with Crippen LogP contribution in [0.25, 0.3) is 22.1 Å². The van der Waals surface area contributed by atoms with Crippen LogP contribution in [-0.4, -0.2) is 80.2 Å². The van der Waals surface area contributed by atoms with Crippen LogP contribution in [0.5, 0.6) is 23.0 Å². The maximum atomic E-state index is 13.6. The molecule has 2 heterocycles. The van der Waals surface area contributed by atoms with E-state index in [4.69, 9.17) is 18.6 Å². The zero-order chi connectivity index (χ0) is 26.3. The molecule has 1 aliphatic heterocycles. The van der Waals surface area contributed by atoms with Gasteiger partial charge in [0.05, 0.1) is 19.3 Å². The Kier molecular flexibility index (Phi) is 7.09. The number of aliphatic hydroxyl groups excluding tert-OH is 5. The SMILES string of the molecule is COc1cc2oc(CO)c(-c3cccc(O)c3OC3OC(CO)C(O)C(O)C3O)c(=O)c2c(O)c1C. The number of fused-ring (bicyclic) bond motifs is 1. The molecular weight excluding hydrogens is 480 g/mol. The number of hydrogen-bond donors (Lipinski definition) is 7. The van der Waals surface area contributed by atoms with Crippen LogP contribution in [0, 0.1) is 6.92 Å². The Labute approximate surface area is 203 Å². The van der Waals surface area contributed by atoms with E-state index in [1.54, 1.807) is 0 Å². The Morgan fingerprint density at radius 2 is 1.78 bits per heavy atom. The summed E-state index contributed by atoms with van der Waals surface area (Å²) in [4.78, 5) is 13.6. The van der Waals surface area contributed by atoms with Crippen molar-refractivity contribution in [1.29, 1.82) is 0 Å². The molecule has 0 amide bonds. The normalized spacial score (nSPS) is 24.1. The Balaban J connectivity index is 1.90. The Morgan fingerprint density at radius 1 is 1.06 bits per heavy atom. The van der Waals surface area contributed by atoms with Crippen molar-refractivity contribution >= 4 is 11.0 Å². The molecule has 0 aliphatic carbocycles. The highest BCUT2D eigenvalue weighted by molar-refractivity contribution is 5.91. The number of para-hydroxylation sites is 1. The molecule has 194 valence electrons. The van der Waals surface area contributed by atoms with E-state index in [1.807, 2.05) is 0 Å². The molecule has 3 aromatic rings. The van der Waals surface area contributed by atoms with Crippen LogP contribution < -0.4 is 14.9 Å². The van der Waals surface area contributed by atoms with Gasteiger partial charge in [-0.1, -0.05) is 12.1 Å². The van der Waals surface area contributed by atoms with Crippen LogP contribution >= 0.6 is 0 Å². The number of aromatic hydroxyl groups is 2. The quantitative estimate of drug-likeness (QED) is 0.234. The van der Waals surface area contributed by atoms with E-state index < -0.39 is 60.8 Å². The van der Waals surface area contributed by atoms with E-state index in [1.165, 1.54) is 38.3 Å². The van der Waals surface area contributed by atoms with Crippen molar-refractivity contribution in [2.45, 2.75) is 44.2 Å². The average molecular weight is 506 g/mol. The lowest BCUT2D eigenvalue weighted by atomic mass is 9.98. The molecule has 1 saturated heterocycles. The summed E-state index contributed by atoms with van der Waals surface area (Å²) in [5.41, 5.74) is -0.870. The Morgan fingerprint density at radius 3 is 2.42 bits per heavy atom. The fourth-order valence-electron chi connectivity index (χ4n) is 4.18. The lowest BCUT2D eigenvalue weighted by Gasteiger charge is -2.39. The maximum absolute atomic E-state index is 13.6. The van der Waals surface area contributed by atoms with Gasteiger partial charge in [0.25, 0.3) is 0 Å². The first-order valence-corrected chi connectivity index (χ1v) is 10.9. The van der Waals surface area contributed by atoms with E-state index in [0.717, 1.165) is 0 Å². The summed E-state index contributed by atoms with van der Waals surface area (Å²) in [5, 5.41) is 70.9. The van der Waals surface area contributed by atoms with Crippen LogP contribution in [0.15, 0.2) is 33.5 Å². The van der Waals surface area contributed by atoms with Gasteiger partial charge in [0, 0.05) is 17.2 Å². The molecule has 0 bridgehead atoms. The third-order valence-corrected chi connectivity index (χ3v) is 6.15. The van der Waals surface area contributed by atoms with Crippen molar-refractivity contribution in [3.8, 4) is 34.1 Å². The highest BCUT2D eigenvalue weighted by Gasteiger charge is 2.45. The predicted molar refractivity (Wildman–Crippen MR) is 123 cm³/mol. The lowest BCUT2D eigenvalue weighted by molar-refractivity contribution is -0.277. The molecule has 7 N–H and O–H groups in total. The number of phenolic OH excluding ortho intramolecular Hbond substituents is 2. The Bertz CT molecular complexity index is 1330. The summed E-state index contributed by atoms with van der Waals surface area (Å²) in [5.74, 6) is -1.25. The number of phenols is 2. The largest absolute Gasteiger partial charge is 0.507 e. The number of methoxy groups -OCH3 is 1. The first-order valence-electron chi connectivity index (χ1n) is 10.9. The highest BCUT2D eigenvalue weighted by atomic mass is 16.7. The summed E-state index contributed by atoms with van der Waals surface area (Å²) in [7, 11) is 1.38. The third kappa shape index (κ3) is 4.13. The summed E-state index contributed by atoms with van der Waals surface area (Å²) in [6.45, 7) is 0.0880. The third-order valence-electron chi connectivity index (χ3n) is 6.15. The number of hydrogen-bond acceptors (Lipinski definition) is 12. The van der Waals surface area contributed by atoms with Gasteiger partial charge >= 0.3 is 0 Å². The number of rotatable bonds is 6. The highest BCUT2D eigenvalue weighted by Crippen LogP contribution is 2.42. The van der Waals surface area contributed by atoms with Crippen molar-refractivity contribution in [2.75, 3.05) is 13.7 Å². The molecule has 1 aliphatic rings. The van der Waals surface area contributed by atoms with Gasteiger partial charge in [0.2, 0.25) is 11.7 Å².